The first-order valence-electron chi connectivity index (χ1n) is 9.47. The van der Waals surface area contributed by atoms with Gasteiger partial charge in [-0.2, -0.15) is 0 Å². The summed E-state index contributed by atoms with van der Waals surface area (Å²) in [5.41, 5.74) is 1.99. The molecule has 3 heterocycles. The van der Waals surface area contributed by atoms with E-state index in [4.69, 9.17) is 14.2 Å². The number of anilines is 2. The van der Waals surface area contributed by atoms with Gasteiger partial charge in [-0.1, -0.05) is 0 Å². The fraction of sp³-hybridized carbons (Fsp3) is 0.350. The summed E-state index contributed by atoms with van der Waals surface area (Å²) >= 11 is 0. The molecule has 1 aromatic heterocycles. The van der Waals surface area contributed by atoms with Gasteiger partial charge < -0.3 is 29.3 Å². The van der Waals surface area contributed by atoms with Gasteiger partial charge in [-0.15, -0.1) is 0 Å². The molecule has 2 aliphatic heterocycles. The van der Waals surface area contributed by atoms with Crippen LogP contribution in [0.15, 0.2) is 36.7 Å². The van der Waals surface area contributed by atoms with Crippen molar-refractivity contribution in [3.63, 3.8) is 0 Å². The molecule has 1 aromatic carbocycles. The monoisotopic (exact) mass is 398 g/mol. The molecule has 0 bridgehead atoms. The lowest BCUT2D eigenvalue weighted by Crippen LogP contribution is -2.50. The lowest BCUT2D eigenvalue weighted by molar-refractivity contribution is 0.0570. The molecule has 0 radical (unpaired) electrons. The van der Waals surface area contributed by atoms with Gasteiger partial charge in [0.05, 0.1) is 24.1 Å². The minimum absolute atomic E-state index is 0.115. The number of nitrogens with one attached hydrogen (secondary N) is 1. The SMILES string of the molecule is CCOC(=O)N1CCN(C(=O)c2cncc(Nc3ccc4c(c3)OCO4)c2)CC1. The van der Waals surface area contributed by atoms with Crippen LogP contribution < -0.4 is 14.8 Å². The van der Waals surface area contributed by atoms with Gasteiger partial charge in [-0.3, -0.25) is 9.78 Å². The van der Waals surface area contributed by atoms with Gasteiger partial charge in [0.1, 0.15) is 0 Å². The molecule has 1 saturated heterocycles. The van der Waals surface area contributed by atoms with Crippen LogP contribution in [-0.2, 0) is 4.74 Å². The van der Waals surface area contributed by atoms with E-state index < -0.39 is 0 Å². The Hall–Kier alpha value is -3.49. The van der Waals surface area contributed by atoms with Gasteiger partial charge in [-0.25, -0.2) is 4.79 Å². The van der Waals surface area contributed by atoms with Crippen molar-refractivity contribution >= 4 is 23.4 Å². The first kappa shape index (κ1) is 18.9. The molecule has 152 valence electrons. The molecule has 29 heavy (non-hydrogen) atoms. The average molecular weight is 398 g/mol. The standard InChI is InChI=1S/C20H22N4O5/c1-2-27-20(26)24-7-5-23(6-8-24)19(25)14-9-16(12-21-11-14)22-15-3-4-17-18(10-15)29-13-28-17/h3-4,9-12,22H,2,5-8,13H2,1H3. The molecular weight excluding hydrogens is 376 g/mol. The van der Waals surface area contributed by atoms with Crippen molar-refractivity contribution in [2.45, 2.75) is 6.92 Å². The zero-order valence-electron chi connectivity index (χ0n) is 16.1. The predicted octanol–water partition coefficient (Wildman–Crippen LogP) is 2.47. The second kappa shape index (κ2) is 8.26. The highest BCUT2D eigenvalue weighted by Gasteiger charge is 2.25. The number of fused-ring (bicyclic) bond motifs is 1. The van der Waals surface area contributed by atoms with E-state index in [-0.39, 0.29) is 18.8 Å². The summed E-state index contributed by atoms with van der Waals surface area (Å²) in [6.07, 6.45) is 2.86. The number of carbonyl (C=O) groups is 2. The smallest absolute Gasteiger partial charge is 0.409 e. The van der Waals surface area contributed by atoms with Crippen LogP contribution >= 0.6 is 0 Å². The zero-order valence-corrected chi connectivity index (χ0v) is 16.1. The number of amides is 2. The highest BCUT2D eigenvalue weighted by atomic mass is 16.7. The summed E-state index contributed by atoms with van der Waals surface area (Å²) in [4.78, 5) is 32.2. The van der Waals surface area contributed by atoms with Crippen LogP contribution in [0.3, 0.4) is 0 Å². The second-order valence-electron chi connectivity index (χ2n) is 6.63. The van der Waals surface area contributed by atoms with Gasteiger partial charge in [0.25, 0.3) is 5.91 Å². The summed E-state index contributed by atoms with van der Waals surface area (Å²) in [6.45, 7) is 4.14. The van der Waals surface area contributed by atoms with E-state index in [9.17, 15) is 9.59 Å². The minimum atomic E-state index is -0.337. The van der Waals surface area contributed by atoms with E-state index in [0.29, 0.717) is 55.5 Å². The molecule has 2 amide bonds. The van der Waals surface area contributed by atoms with Gasteiger partial charge in [0, 0.05) is 44.1 Å². The zero-order chi connectivity index (χ0) is 20.2. The van der Waals surface area contributed by atoms with E-state index >= 15 is 0 Å². The van der Waals surface area contributed by atoms with Crippen molar-refractivity contribution in [1.29, 1.82) is 0 Å². The summed E-state index contributed by atoms with van der Waals surface area (Å²) in [5, 5.41) is 3.23. The molecule has 0 saturated carbocycles. The van der Waals surface area contributed by atoms with Crippen molar-refractivity contribution in [3.8, 4) is 11.5 Å². The van der Waals surface area contributed by atoms with Crippen LogP contribution in [0.25, 0.3) is 0 Å². The Labute approximate surface area is 168 Å². The molecule has 4 rings (SSSR count). The van der Waals surface area contributed by atoms with Crippen molar-refractivity contribution in [2.24, 2.45) is 0 Å². The van der Waals surface area contributed by atoms with Crippen LogP contribution in [0.1, 0.15) is 17.3 Å². The molecule has 0 unspecified atom stereocenters. The maximum absolute atomic E-state index is 12.8. The normalized spacial score (nSPS) is 15.2. The van der Waals surface area contributed by atoms with E-state index in [2.05, 4.69) is 10.3 Å². The Morgan fingerprint density at radius 2 is 1.79 bits per heavy atom. The Balaban J connectivity index is 1.39. The average Bonchev–Trinajstić information content (AvgIpc) is 3.21. The maximum Gasteiger partial charge on any atom is 0.409 e. The number of aromatic nitrogens is 1. The topological polar surface area (TPSA) is 93.2 Å². The van der Waals surface area contributed by atoms with E-state index in [1.165, 1.54) is 0 Å². The molecule has 9 nitrogen and oxygen atoms in total. The Kier molecular flexibility index (Phi) is 5.37. The van der Waals surface area contributed by atoms with Gasteiger partial charge in [-0.05, 0) is 25.1 Å². The van der Waals surface area contributed by atoms with Gasteiger partial charge >= 0.3 is 6.09 Å². The fourth-order valence-corrected chi connectivity index (χ4v) is 3.26. The Morgan fingerprint density at radius 1 is 1.03 bits per heavy atom. The van der Waals surface area contributed by atoms with Crippen molar-refractivity contribution in [1.82, 2.24) is 14.8 Å². The number of pyridine rings is 1. The summed E-state index contributed by atoms with van der Waals surface area (Å²) in [6, 6.07) is 7.30. The predicted molar refractivity (Wildman–Crippen MR) is 105 cm³/mol. The lowest BCUT2D eigenvalue weighted by atomic mass is 10.2. The van der Waals surface area contributed by atoms with Crippen LogP contribution in [0, 0.1) is 0 Å². The number of piperazine rings is 1. The van der Waals surface area contributed by atoms with Gasteiger partial charge in [0.2, 0.25) is 6.79 Å². The molecule has 0 atom stereocenters. The van der Waals surface area contributed by atoms with E-state index in [0.717, 1.165) is 5.69 Å². The van der Waals surface area contributed by atoms with E-state index in [1.54, 1.807) is 35.2 Å². The quantitative estimate of drug-likeness (QED) is 0.846. The maximum atomic E-state index is 12.8. The second-order valence-corrected chi connectivity index (χ2v) is 6.63. The largest absolute Gasteiger partial charge is 0.454 e. The lowest BCUT2D eigenvalue weighted by Gasteiger charge is -2.34. The van der Waals surface area contributed by atoms with E-state index in [1.807, 2.05) is 18.2 Å². The summed E-state index contributed by atoms with van der Waals surface area (Å²) in [7, 11) is 0. The number of rotatable bonds is 4. The van der Waals surface area contributed by atoms with Crippen LogP contribution in [-0.4, -0.2) is 66.4 Å². The number of hydrogen-bond donors (Lipinski definition) is 1. The molecule has 0 aliphatic carbocycles. The van der Waals surface area contributed by atoms with Crippen LogP contribution in [0.4, 0.5) is 16.2 Å². The van der Waals surface area contributed by atoms with Crippen LogP contribution in [0.5, 0.6) is 11.5 Å². The third-order valence-electron chi connectivity index (χ3n) is 4.74. The Bertz CT molecular complexity index is 911. The highest BCUT2D eigenvalue weighted by molar-refractivity contribution is 5.95. The number of carbonyl (C=O) groups excluding carboxylic acids is 2. The Morgan fingerprint density at radius 3 is 2.59 bits per heavy atom. The molecule has 1 N–H and O–H groups in total. The third kappa shape index (κ3) is 4.18. The first-order valence-corrected chi connectivity index (χ1v) is 9.47. The molecular formula is C20H22N4O5. The first-order chi connectivity index (χ1) is 14.1. The number of benzene rings is 1. The summed E-state index contributed by atoms with van der Waals surface area (Å²) in [5.74, 6) is 1.27. The third-order valence-corrected chi connectivity index (χ3v) is 4.74. The molecule has 0 spiro atoms. The number of nitrogens with zero attached hydrogens (tertiary/aromatic N) is 3. The van der Waals surface area contributed by atoms with Crippen molar-refractivity contribution < 1.29 is 23.8 Å². The highest BCUT2D eigenvalue weighted by Crippen LogP contribution is 2.35. The molecule has 1 fully saturated rings. The summed E-state index contributed by atoms with van der Waals surface area (Å²) < 4.78 is 15.7. The fourth-order valence-electron chi connectivity index (χ4n) is 3.26. The number of ether oxygens (including phenoxy) is 3. The van der Waals surface area contributed by atoms with Crippen molar-refractivity contribution in [3.05, 3.63) is 42.2 Å². The molecule has 2 aromatic rings. The number of hydrogen-bond acceptors (Lipinski definition) is 7. The molecule has 9 heteroatoms. The van der Waals surface area contributed by atoms with Crippen LogP contribution in [0.2, 0.25) is 0 Å². The minimum Gasteiger partial charge on any atom is -0.454 e. The van der Waals surface area contributed by atoms with Crippen molar-refractivity contribution in [2.75, 3.05) is 44.9 Å². The van der Waals surface area contributed by atoms with Gasteiger partial charge in [0.15, 0.2) is 11.5 Å². The molecule has 2 aliphatic rings.